The van der Waals surface area contributed by atoms with E-state index in [0.29, 0.717) is 18.8 Å². The minimum absolute atomic E-state index is 0. The molecule has 0 aliphatic heterocycles. The van der Waals surface area contributed by atoms with E-state index in [4.69, 9.17) is 0 Å². The van der Waals surface area contributed by atoms with Crippen molar-refractivity contribution in [1.82, 2.24) is 25.0 Å². The maximum Gasteiger partial charge on any atom is 0.194 e. The summed E-state index contributed by atoms with van der Waals surface area (Å²) in [6.45, 7) is 9.36. The molecule has 2 aromatic rings. The Morgan fingerprint density at radius 1 is 1.25 bits per heavy atom. The number of nitrogens with zero attached hydrogens (tertiary/aromatic N) is 6. The van der Waals surface area contributed by atoms with Crippen LogP contribution in [-0.2, 0) is 20.1 Å². The smallest absolute Gasteiger partial charge is 0.194 e. The molecule has 0 fully saturated rings. The van der Waals surface area contributed by atoms with E-state index in [1.54, 1.807) is 10.7 Å². The molecular weight excluding hydrogens is 472 g/mol. The fourth-order valence-corrected chi connectivity index (χ4v) is 2.86. The summed E-state index contributed by atoms with van der Waals surface area (Å²) in [7, 11) is 3.81. The predicted octanol–water partition coefficient (Wildman–Crippen LogP) is 3.02. The van der Waals surface area contributed by atoms with E-state index < -0.39 is 0 Å². The Hall–Kier alpha value is -1.91. The molecular formula is C19H31FIN7. The van der Waals surface area contributed by atoms with Gasteiger partial charge < -0.3 is 15.1 Å². The minimum Gasteiger partial charge on any atom is -0.370 e. The molecule has 0 spiro atoms. The summed E-state index contributed by atoms with van der Waals surface area (Å²) in [5, 5.41) is 7.35. The van der Waals surface area contributed by atoms with Gasteiger partial charge in [-0.05, 0) is 38.5 Å². The zero-order valence-corrected chi connectivity index (χ0v) is 19.6. The second kappa shape index (κ2) is 11.8. The van der Waals surface area contributed by atoms with Crippen molar-refractivity contribution in [2.75, 3.05) is 31.6 Å². The Labute approximate surface area is 184 Å². The van der Waals surface area contributed by atoms with Crippen molar-refractivity contribution in [2.24, 2.45) is 12.0 Å². The second-order valence-corrected chi connectivity index (χ2v) is 6.28. The minimum atomic E-state index is -0.205. The molecule has 0 saturated carbocycles. The van der Waals surface area contributed by atoms with Crippen molar-refractivity contribution in [3.63, 3.8) is 0 Å². The Balaban J connectivity index is 0.00000392. The van der Waals surface area contributed by atoms with Crippen LogP contribution in [0, 0.1) is 5.82 Å². The lowest BCUT2D eigenvalue weighted by atomic mass is 10.2. The number of anilines is 1. The Kier molecular flexibility index (Phi) is 10.2. The first-order valence-electron chi connectivity index (χ1n) is 9.35. The molecule has 28 heavy (non-hydrogen) atoms. The number of aliphatic imine (C=N–C) groups is 1. The molecule has 2 rings (SSSR count). The van der Waals surface area contributed by atoms with Crippen molar-refractivity contribution in [3.8, 4) is 0 Å². The largest absolute Gasteiger partial charge is 0.370 e. The first kappa shape index (κ1) is 24.1. The molecule has 1 aromatic carbocycles. The van der Waals surface area contributed by atoms with Crippen LogP contribution in [0.1, 0.15) is 32.2 Å². The summed E-state index contributed by atoms with van der Waals surface area (Å²) in [5.74, 6) is 1.38. The van der Waals surface area contributed by atoms with E-state index >= 15 is 0 Å². The van der Waals surface area contributed by atoms with Crippen molar-refractivity contribution < 1.29 is 4.39 Å². The lowest BCUT2D eigenvalue weighted by molar-refractivity contribution is 0.448. The Morgan fingerprint density at radius 2 is 1.96 bits per heavy atom. The topological polar surface area (TPSA) is 61.6 Å². The molecule has 9 heteroatoms. The molecule has 0 atom stereocenters. The van der Waals surface area contributed by atoms with Gasteiger partial charge >= 0.3 is 0 Å². The number of aromatic nitrogens is 3. The average Bonchev–Trinajstić information content (AvgIpc) is 3.05. The first-order valence-corrected chi connectivity index (χ1v) is 9.35. The van der Waals surface area contributed by atoms with Crippen LogP contribution in [0.3, 0.4) is 0 Å². The fourth-order valence-electron chi connectivity index (χ4n) is 2.86. The zero-order chi connectivity index (χ0) is 19.8. The highest BCUT2D eigenvalue weighted by Crippen LogP contribution is 2.20. The van der Waals surface area contributed by atoms with Crippen molar-refractivity contribution in [2.45, 2.75) is 33.9 Å². The van der Waals surface area contributed by atoms with Crippen LogP contribution in [0.4, 0.5) is 10.1 Å². The van der Waals surface area contributed by atoms with Gasteiger partial charge in [-0.15, -0.1) is 24.0 Å². The van der Waals surface area contributed by atoms with Gasteiger partial charge in [0.25, 0.3) is 0 Å². The predicted molar refractivity (Wildman–Crippen MR) is 123 cm³/mol. The molecule has 156 valence electrons. The number of hydrogen-bond acceptors (Lipinski definition) is 4. The lowest BCUT2D eigenvalue weighted by Crippen LogP contribution is -2.39. The number of nitrogens with one attached hydrogen (secondary N) is 1. The molecule has 0 saturated heterocycles. The van der Waals surface area contributed by atoms with Gasteiger partial charge in [-0.1, -0.05) is 6.07 Å². The summed E-state index contributed by atoms with van der Waals surface area (Å²) in [4.78, 5) is 12.9. The number of rotatable bonds is 8. The average molecular weight is 503 g/mol. The quantitative estimate of drug-likeness (QED) is 0.341. The summed E-state index contributed by atoms with van der Waals surface area (Å²) < 4.78 is 16.2. The number of halogens is 2. The maximum atomic E-state index is 14.5. The summed E-state index contributed by atoms with van der Waals surface area (Å²) in [6, 6.07) is 5.35. The molecule has 0 aliphatic carbocycles. The normalized spacial score (nSPS) is 11.1. The highest BCUT2D eigenvalue weighted by Gasteiger charge is 2.11. The first-order chi connectivity index (χ1) is 13.0. The van der Waals surface area contributed by atoms with Gasteiger partial charge in [-0.3, -0.25) is 4.68 Å². The molecule has 1 aromatic heterocycles. The molecule has 7 nitrogen and oxygen atoms in total. The van der Waals surface area contributed by atoms with Crippen LogP contribution < -0.4 is 10.2 Å². The van der Waals surface area contributed by atoms with Gasteiger partial charge in [0, 0.05) is 33.7 Å². The monoisotopic (exact) mass is 503 g/mol. The second-order valence-electron chi connectivity index (χ2n) is 6.28. The van der Waals surface area contributed by atoms with Crippen LogP contribution >= 0.6 is 24.0 Å². The van der Waals surface area contributed by atoms with Crippen LogP contribution in [0.25, 0.3) is 0 Å². The summed E-state index contributed by atoms with van der Waals surface area (Å²) >= 11 is 0. The van der Waals surface area contributed by atoms with E-state index in [0.717, 1.165) is 37.0 Å². The van der Waals surface area contributed by atoms with Crippen LogP contribution in [-0.4, -0.2) is 52.3 Å². The van der Waals surface area contributed by atoms with E-state index in [2.05, 4.69) is 20.4 Å². The molecule has 0 radical (unpaired) electrons. The molecule has 0 bridgehead atoms. The number of benzene rings is 1. The third-order valence-corrected chi connectivity index (χ3v) is 4.41. The number of hydrogen-bond donors (Lipinski definition) is 1. The van der Waals surface area contributed by atoms with E-state index in [9.17, 15) is 4.39 Å². The standard InChI is InChI=1S/C19H30FN7.HI/c1-6-21-19(25(4)13-18-23-14-24-26(18)5)22-12-15-9-10-17(16(20)11-15)27(7-2)8-3;/h9-11,14H,6-8,12-13H2,1-5H3,(H,21,22);1H. The Morgan fingerprint density at radius 3 is 2.50 bits per heavy atom. The molecule has 0 amide bonds. The molecule has 1 N–H and O–H groups in total. The van der Waals surface area contributed by atoms with E-state index in [1.165, 1.54) is 6.33 Å². The molecule has 1 heterocycles. The van der Waals surface area contributed by atoms with Crippen molar-refractivity contribution in [1.29, 1.82) is 0 Å². The number of guanidine groups is 1. The summed E-state index contributed by atoms with van der Waals surface area (Å²) in [5.41, 5.74) is 1.48. The third kappa shape index (κ3) is 6.32. The SMILES string of the molecule is CCNC(=NCc1ccc(N(CC)CC)c(F)c1)N(C)Cc1ncnn1C.I. The maximum absolute atomic E-state index is 14.5. The van der Waals surface area contributed by atoms with Gasteiger partial charge in [-0.25, -0.2) is 14.4 Å². The van der Waals surface area contributed by atoms with Crippen LogP contribution in [0.5, 0.6) is 0 Å². The third-order valence-electron chi connectivity index (χ3n) is 4.41. The number of aryl methyl sites for hydroxylation is 1. The van der Waals surface area contributed by atoms with Crippen molar-refractivity contribution >= 4 is 35.6 Å². The van der Waals surface area contributed by atoms with Gasteiger partial charge in [-0.2, -0.15) is 5.10 Å². The van der Waals surface area contributed by atoms with Gasteiger partial charge in [0.1, 0.15) is 18.0 Å². The lowest BCUT2D eigenvalue weighted by Gasteiger charge is -2.22. The highest BCUT2D eigenvalue weighted by molar-refractivity contribution is 14.0. The summed E-state index contributed by atoms with van der Waals surface area (Å²) in [6.07, 6.45) is 1.54. The van der Waals surface area contributed by atoms with E-state index in [-0.39, 0.29) is 29.8 Å². The van der Waals surface area contributed by atoms with Gasteiger partial charge in [0.2, 0.25) is 0 Å². The van der Waals surface area contributed by atoms with Crippen LogP contribution in [0.15, 0.2) is 29.5 Å². The van der Waals surface area contributed by atoms with Crippen molar-refractivity contribution in [3.05, 3.63) is 41.7 Å². The van der Waals surface area contributed by atoms with Gasteiger partial charge in [0.15, 0.2) is 5.96 Å². The Bertz CT molecular complexity index is 758. The van der Waals surface area contributed by atoms with E-state index in [1.807, 2.05) is 56.8 Å². The molecule has 0 unspecified atom stereocenters. The van der Waals surface area contributed by atoms with Gasteiger partial charge in [0.05, 0.1) is 18.8 Å². The van der Waals surface area contributed by atoms with Crippen LogP contribution in [0.2, 0.25) is 0 Å². The fraction of sp³-hybridized carbons (Fsp3) is 0.526. The molecule has 0 aliphatic rings. The highest BCUT2D eigenvalue weighted by atomic mass is 127. The zero-order valence-electron chi connectivity index (χ0n) is 17.3.